The first-order chi connectivity index (χ1) is 17.1. The van der Waals surface area contributed by atoms with Crippen LogP contribution in [-0.4, -0.2) is 52.5 Å². The molecule has 0 saturated heterocycles. The molecule has 0 unspecified atom stereocenters. The van der Waals surface area contributed by atoms with Gasteiger partial charge in [0.15, 0.2) is 0 Å². The first kappa shape index (κ1) is 27.9. The number of benzene rings is 1. The second-order valence-electron chi connectivity index (χ2n) is 7.44. The molecule has 0 atom stereocenters. The number of imide groups is 1. The minimum Gasteiger partial charge on any atom is -0.396 e. The number of aliphatic hydroxyl groups is 1. The average molecular weight is 487 g/mol. The zero-order valence-corrected chi connectivity index (χ0v) is 20.5. The highest BCUT2D eigenvalue weighted by molar-refractivity contribution is 6.21. The Morgan fingerprint density at radius 2 is 1.49 bits per heavy atom. The van der Waals surface area contributed by atoms with Crippen molar-refractivity contribution in [3.05, 3.63) is 70.4 Å². The van der Waals surface area contributed by atoms with E-state index >= 15 is 0 Å². The monoisotopic (exact) mass is 486 g/mol. The molecule has 3 N–H and O–H groups in total. The van der Waals surface area contributed by atoms with E-state index in [4.69, 9.17) is 24.6 Å². The van der Waals surface area contributed by atoms with E-state index in [1.54, 1.807) is 37.4 Å². The van der Waals surface area contributed by atoms with E-state index in [0.717, 1.165) is 30.1 Å². The van der Waals surface area contributed by atoms with Gasteiger partial charge in [0.2, 0.25) is 0 Å². The van der Waals surface area contributed by atoms with Gasteiger partial charge in [-0.1, -0.05) is 36.3 Å². The number of ether oxygens (including phenoxy) is 1. The van der Waals surface area contributed by atoms with Crippen molar-refractivity contribution < 1.29 is 28.5 Å². The van der Waals surface area contributed by atoms with Gasteiger partial charge in [-0.2, -0.15) is 0 Å². The molecule has 0 fully saturated rings. The highest BCUT2D eigenvalue weighted by atomic mass is 16.5. The summed E-state index contributed by atoms with van der Waals surface area (Å²) in [6.45, 7) is 5.36. The number of aryl methyl sites for hydroxylation is 2. The van der Waals surface area contributed by atoms with Crippen LogP contribution < -0.4 is 5.73 Å². The van der Waals surface area contributed by atoms with Crippen LogP contribution >= 0.6 is 0 Å². The summed E-state index contributed by atoms with van der Waals surface area (Å²) >= 11 is 0. The maximum absolute atomic E-state index is 12.3. The molecule has 2 amide bonds. The molecule has 0 aliphatic carbocycles. The van der Waals surface area contributed by atoms with E-state index in [2.05, 4.69) is 10.3 Å². The van der Waals surface area contributed by atoms with Crippen molar-refractivity contribution in [2.45, 2.75) is 52.6 Å². The van der Waals surface area contributed by atoms with Gasteiger partial charge in [0.1, 0.15) is 17.2 Å². The maximum atomic E-state index is 12.3. The fraction of sp³-hybridized carbons (Fsp3) is 0.440. The van der Waals surface area contributed by atoms with Crippen LogP contribution in [0.3, 0.4) is 0 Å². The van der Waals surface area contributed by atoms with E-state index in [9.17, 15) is 9.59 Å². The molecule has 1 aliphatic rings. The van der Waals surface area contributed by atoms with Crippen molar-refractivity contribution in [3.8, 4) is 0 Å². The largest absolute Gasteiger partial charge is 0.396 e. The molecule has 35 heavy (non-hydrogen) atoms. The number of carbonyl (C=O) groups excluding carboxylic acids is 2. The normalized spacial score (nSPS) is 12.1. The summed E-state index contributed by atoms with van der Waals surface area (Å²) in [5.74, 6) is 0.942. The van der Waals surface area contributed by atoms with E-state index in [-0.39, 0.29) is 25.0 Å². The maximum Gasteiger partial charge on any atom is 0.261 e. The number of carbonyl (C=O) groups is 2. The molecule has 10 nitrogen and oxygen atoms in total. The number of rotatable bonds is 10. The van der Waals surface area contributed by atoms with Gasteiger partial charge < -0.3 is 24.6 Å². The number of aliphatic hydroxyl groups excluding tert-OH is 1. The molecule has 3 aromatic rings. The predicted octanol–water partition coefficient (Wildman–Crippen LogP) is 3.13. The Kier molecular flexibility index (Phi) is 11.8. The second-order valence-corrected chi connectivity index (χ2v) is 7.44. The summed E-state index contributed by atoms with van der Waals surface area (Å²) in [5.41, 5.74) is 7.54. The Morgan fingerprint density at radius 1 is 0.943 bits per heavy atom. The number of nitrogens with two attached hydrogens (primary N) is 1. The van der Waals surface area contributed by atoms with Gasteiger partial charge in [-0.15, -0.1) is 0 Å². The lowest BCUT2D eigenvalue weighted by Gasteiger charge is -2.10. The van der Waals surface area contributed by atoms with Crippen molar-refractivity contribution in [2.75, 3.05) is 20.3 Å². The van der Waals surface area contributed by atoms with Gasteiger partial charge in [-0.05, 0) is 25.0 Å². The Balaban J connectivity index is 0.000000280. The fourth-order valence-electron chi connectivity index (χ4n) is 3.31. The molecule has 2 aromatic heterocycles. The summed E-state index contributed by atoms with van der Waals surface area (Å²) in [7, 11) is 1.65. The molecule has 0 spiro atoms. The standard InChI is InChI=1S/C16H16N2O4.C7H12N2O2.C2H6/c1-21-8-4-5-12-9-11(17-22-12)10-18-15(19)13-6-2-3-7-14(13)16(18)20;8-5-6-4-7(11-9-6)2-1-3-10;1-2/h2-3,6-7,9H,4-5,8,10H2,1H3;4,10H,1-3,5,8H2;1-2H3. The SMILES string of the molecule is CC.COCCCc1cc(CN2C(=O)c3ccccc3C2=O)no1.NCc1cc(CCCO)on1. The molecule has 0 radical (unpaired) electrons. The molecule has 10 heteroatoms. The summed E-state index contributed by atoms with van der Waals surface area (Å²) < 4.78 is 15.1. The summed E-state index contributed by atoms with van der Waals surface area (Å²) in [6.07, 6.45) is 2.98. The molecule has 0 saturated carbocycles. The third-order valence-electron chi connectivity index (χ3n) is 4.98. The lowest BCUT2D eigenvalue weighted by Crippen LogP contribution is -2.29. The van der Waals surface area contributed by atoms with Gasteiger partial charge in [0, 0.05) is 51.8 Å². The lowest BCUT2D eigenvalue weighted by atomic mass is 10.1. The molecule has 0 bridgehead atoms. The van der Waals surface area contributed by atoms with Gasteiger partial charge in [-0.25, -0.2) is 0 Å². The number of fused-ring (bicyclic) bond motifs is 1. The molecular weight excluding hydrogens is 452 g/mol. The zero-order valence-electron chi connectivity index (χ0n) is 20.5. The Morgan fingerprint density at radius 3 is 2.00 bits per heavy atom. The zero-order chi connectivity index (χ0) is 25.6. The summed E-state index contributed by atoms with van der Waals surface area (Å²) in [4.78, 5) is 25.7. The molecule has 1 aromatic carbocycles. The summed E-state index contributed by atoms with van der Waals surface area (Å²) in [5, 5.41) is 16.1. The van der Waals surface area contributed by atoms with E-state index in [0.29, 0.717) is 42.8 Å². The van der Waals surface area contributed by atoms with Crippen molar-refractivity contribution in [2.24, 2.45) is 5.73 Å². The first-order valence-electron chi connectivity index (χ1n) is 11.7. The van der Waals surface area contributed by atoms with Crippen LogP contribution in [0.15, 0.2) is 45.4 Å². The Bertz CT molecular complexity index is 1030. The minimum atomic E-state index is -0.287. The van der Waals surface area contributed by atoms with Crippen molar-refractivity contribution in [1.29, 1.82) is 0 Å². The number of amides is 2. The lowest BCUT2D eigenvalue weighted by molar-refractivity contribution is 0.0639. The third kappa shape index (κ3) is 7.84. The number of methoxy groups -OCH3 is 1. The van der Waals surface area contributed by atoms with Crippen LogP contribution in [0, 0.1) is 0 Å². The Hall–Kier alpha value is -3.34. The van der Waals surface area contributed by atoms with Gasteiger partial charge in [-0.3, -0.25) is 14.5 Å². The average Bonchev–Trinajstić information content (AvgIpc) is 3.61. The van der Waals surface area contributed by atoms with Crippen molar-refractivity contribution >= 4 is 11.8 Å². The number of aromatic nitrogens is 2. The number of hydrogen-bond acceptors (Lipinski definition) is 9. The third-order valence-corrected chi connectivity index (χ3v) is 4.98. The van der Waals surface area contributed by atoms with E-state index in [1.165, 1.54) is 4.90 Å². The fourth-order valence-corrected chi connectivity index (χ4v) is 3.31. The first-order valence-corrected chi connectivity index (χ1v) is 11.7. The van der Waals surface area contributed by atoms with Crippen LogP contribution in [-0.2, 0) is 30.7 Å². The highest BCUT2D eigenvalue weighted by Gasteiger charge is 2.35. The van der Waals surface area contributed by atoms with Gasteiger partial charge in [0.05, 0.1) is 23.4 Å². The van der Waals surface area contributed by atoms with Crippen molar-refractivity contribution in [1.82, 2.24) is 15.2 Å². The minimum absolute atomic E-state index is 0.125. The van der Waals surface area contributed by atoms with Gasteiger partial charge in [0.25, 0.3) is 11.8 Å². The van der Waals surface area contributed by atoms with E-state index < -0.39 is 0 Å². The molecule has 190 valence electrons. The number of nitrogens with zero attached hydrogens (tertiary/aromatic N) is 3. The topological polar surface area (TPSA) is 145 Å². The molecular formula is C25H34N4O6. The predicted molar refractivity (Wildman–Crippen MR) is 128 cm³/mol. The highest BCUT2D eigenvalue weighted by Crippen LogP contribution is 2.24. The van der Waals surface area contributed by atoms with Gasteiger partial charge >= 0.3 is 0 Å². The quantitative estimate of drug-likeness (QED) is 0.326. The molecule has 1 aliphatic heterocycles. The smallest absolute Gasteiger partial charge is 0.261 e. The van der Waals surface area contributed by atoms with Crippen molar-refractivity contribution in [3.63, 3.8) is 0 Å². The second kappa shape index (κ2) is 14.8. The number of hydrogen-bond donors (Lipinski definition) is 2. The van der Waals surface area contributed by atoms with Crippen LogP contribution in [0.2, 0.25) is 0 Å². The van der Waals surface area contributed by atoms with Crippen LogP contribution in [0.4, 0.5) is 0 Å². The Labute approximate surface area is 205 Å². The van der Waals surface area contributed by atoms with E-state index in [1.807, 2.05) is 19.9 Å². The van der Waals surface area contributed by atoms with Crippen LogP contribution in [0.25, 0.3) is 0 Å². The summed E-state index contributed by atoms with van der Waals surface area (Å²) in [6, 6.07) is 10.4. The molecule has 3 heterocycles. The van der Waals surface area contributed by atoms with Crippen LogP contribution in [0.1, 0.15) is 70.3 Å². The molecule has 4 rings (SSSR count). The van der Waals surface area contributed by atoms with Crippen LogP contribution in [0.5, 0.6) is 0 Å².